The third-order valence-electron chi connectivity index (χ3n) is 2.43. The molecule has 0 aliphatic heterocycles. The van der Waals surface area contributed by atoms with Gasteiger partial charge in [0, 0.05) is 20.6 Å². The Morgan fingerprint density at radius 1 is 1.39 bits per heavy atom. The van der Waals surface area contributed by atoms with Crippen LogP contribution in [0.4, 0.5) is 0 Å². The molecule has 3 N–H and O–H groups in total. The highest BCUT2D eigenvalue weighted by Crippen LogP contribution is 2.17. The quantitative estimate of drug-likeness (QED) is 0.444. The maximum absolute atomic E-state index is 11.5. The monoisotopic (exact) mass is 270 g/mol. The molecule has 1 aromatic rings. The third-order valence-corrected chi connectivity index (χ3v) is 3.38. The van der Waals surface area contributed by atoms with Gasteiger partial charge < -0.3 is 4.90 Å². The number of hydrazine groups is 1. The van der Waals surface area contributed by atoms with E-state index in [-0.39, 0.29) is 11.8 Å². The van der Waals surface area contributed by atoms with Crippen LogP contribution in [0, 0.1) is 0 Å². The molecule has 0 fully saturated rings. The van der Waals surface area contributed by atoms with Crippen LogP contribution in [0.5, 0.6) is 0 Å². The van der Waals surface area contributed by atoms with Gasteiger partial charge in [-0.3, -0.25) is 19.9 Å². The lowest BCUT2D eigenvalue weighted by atomic mass is 10.2. The molecule has 1 aromatic heterocycles. The van der Waals surface area contributed by atoms with Crippen molar-refractivity contribution in [1.82, 2.24) is 15.2 Å². The summed E-state index contributed by atoms with van der Waals surface area (Å²) < 4.78 is 0. The predicted octanol–water partition coefficient (Wildman–Crippen LogP) is -0.128. The fourth-order valence-corrected chi connectivity index (χ4v) is 2.26. The van der Waals surface area contributed by atoms with Crippen molar-refractivity contribution >= 4 is 23.2 Å². The Morgan fingerprint density at radius 2 is 2.06 bits per heavy atom. The summed E-state index contributed by atoms with van der Waals surface area (Å²) in [5.41, 5.74) is 2.99. The molecule has 0 aromatic carbocycles. The molecule has 0 atom stereocenters. The van der Waals surface area contributed by atoms with Gasteiger partial charge in [0.15, 0.2) is 0 Å². The zero-order chi connectivity index (χ0) is 13.7. The van der Waals surface area contributed by atoms with Crippen molar-refractivity contribution in [3.63, 3.8) is 0 Å². The second-order valence-electron chi connectivity index (χ2n) is 4.21. The van der Waals surface area contributed by atoms with E-state index in [0.29, 0.717) is 18.0 Å². The molecule has 1 heterocycles. The van der Waals surface area contributed by atoms with E-state index in [4.69, 9.17) is 5.84 Å². The number of carbonyl (C=O) groups is 2. The molecule has 0 aliphatic carbocycles. The number of hydrogen-bond acceptors (Lipinski definition) is 5. The largest absolute Gasteiger partial charge is 0.348 e. The minimum atomic E-state index is -0.299. The van der Waals surface area contributed by atoms with Crippen LogP contribution in [0.2, 0.25) is 0 Å². The molecule has 6 nitrogen and oxygen atoms in total. The zero-order valence-corrected chi connectivity index (χ0v) is 11.6. The minimum absolute atomic E-state index is 0.0255. The lowest BCUT2D eigenvalue weighted by Gasteiger charge is -2.18. The van der Waals surface area contributed by atoms with Crippen molar-refractivity contribution in [2.24, 2.45) is 5.84 Å². The summed E-state index contributed by atoms with van der Waals surface area (Å²) in [5.74, 6) is 4.84. The van der Waals surface area contributed by atoms with Crippen LogP contribution in [0.3, 0.4) is 0 Å². The summed E-state index contributed by atoms with van der Waals surface area (Å²) in [6.07, 6.45) is 0. The lowest BCUT2D eigenvalue weighted by Crippen LogP contribution is -2.35. The molecular weight excluding hydrogens is 252 g/mol. The Labute approximate surface area is 110 Å². The van der Waals surface area contributed by atoms with Gasteiger partial charge in [-0.2, -0.15) is 0 Å². The molecule has 0 unspecified atom stereocenters. The third kappa shape index (κ3) is 3.80. The summed E-state index contributed by atoms with van der Waals surface area (Å²) in [6, 6.07) is 1.87. The van der Waals surface area contributed by atoms with E-state index in [9.17, 15) is 9.59 Å². The van der Waals surface area contributed by atoms with Gasteiger partial charge >= 0.3 is 0 Å². The van der Waals surface area contributed by atoms with Crippen LogP contribution >= 0.6 is 11.3 Å². The molecule has 0 saturated heterocycles. The number of amides is 2. The molecule has 18 heavy (non-hydrogen) atoms. The van der Waals surface area contributed by atoms with Crippen molar-refractivity contribution in [2.75, 3.05) is 27.7 Å². The standard InChI is InChI=1S/C11H18N4O2S/c1-14(2)9(16)7-15(3)6-8-4-5-18-10(8)11(17)13-12/h4-5H,6-7,12H2,1-3H3,(H,13,17). The Kier molecular flexibility index (Phi) is 5.26. The normalized spacial score (nSPS) is 10.5. The van der Waals surface area contributed by atoms with Crippen LogP contribution in [0.15, 0.2) is 11.4 Å². The molecular formula is C11H18N4O2S. The van der Waals surface area contributed by atoms with Crippen LogP contribution < -0.4 is 11.3 Å². The number of carbonyl (C=O) groups excluding carboxylic acids is 2. The summed E-state index contributed by atoms with van der Waals surface area (Å²) in [6.45, 7) is 0.846. The zero-order valence-electron chi connectivity index (χ0n) is 10.8. The van der Waals surface area contributed by atoms with Crippen molar-refractivity contribution in [3.8, 4) is 0 Å². The van der Waals surface area contributed by atoms with Crippen LogP contribution in [0.25, 0.3) is 0 Å². The van der Waals surface area contributed by atoms with Crippen molar-refractivity contribution in [2.45, 2.75) is 6.54 Å². The average Bonchev–Trinajstić information content (AvgIpc) is 2.75. The number of nitrogens with zero attached hydrogens (tertiary/aromatic N) is 2. The summed E-state index contributed by atoms with van der Waals surface area (Å²) in [7, 11) is 5.27. The van der Waals surface area contributed by atoms with E-state index in [1.165, 1.54) is 16.2 Å². The van der Waals surface area contributed by atoms with Crippen molar-refractivity contribution in [3.05, 3.63) is 21.9 Å². The van der Waals surface area contributed by atoms with Gasteiger partial charge in [0.25, 0.3) is 5.91 Å². The molecule has 2 amide bonds. The summed E-state index contributed by atoms with van der Waals surface area (Å²) in [4.78, 5) is 27.0. The molecule has 0 aliphatic rings. The van der Waals surface area contributed by atoms with E-state index >= 15 is 0 Å². The highest BCUT2D eigenvalue weighted by atomic mass is 32.1. The molecule has 7 heteroatoms. The van der Waals surface area contributed by atoms with Gasteiger partial charge in [0.1, 0.15) is 0 Å². The van der Waals surface area contributed by atoms with Crippen molar-refractivity contribution < 1.29 is 9.59 Å². The van der Waals surface area contributed by atoms with Gasteiger partial charge in [-0.15, -0.1) is 11.3 Å². The molecule has 0 spiro atoms. The van der Waals surface area contributed by atoms with Crippen LogP contribution in [0.1, 0.15) is 15.2 Å². The van der Waals surface area contributed by atoms with E-state index in [0.717, 1.165) is 5.56 Å². The van der Waals surface area contributed by atoms with Gasteiger partial charge in [0.2, 0.25) is 5.91 Å². The highest BCUT2D eigenvalue weighted by Gasteiger charge is 2.15. The number of hydrogen-bond donors (Lipinski definition) is 2. The number of thiophene rings is 1. The topological polar surface area (TPSA) is 78.7 Å². The molecule has 0 bridgehead atoms. The average molecular weight is 270 g/mol. The second kappa shape index (κ2) is 6.48. The molecule has 0 saturated carbocycles. The van der Waals surface area contributed by atoms with Crippen molar-refractivity contribution in [1.29, 1.82) is 0 Å². The molecule has 0 radical (unpaired) electrons. The Balaban J connectivity index is 2.65. The number of likely N-dealkylation sites (N-methyl/N-ethyl adjacent to an activating group) is 2. The number of nitrogens with one attached hydrogen (secondary N) is 1. The summed E-state index contributed by atoms with van der Waals surface area (Å²) in [5, 5.41) is 1.83. The first-order valence-corrected chi connectivity index (χ1v) is 6.29. The number of nitrogens with two attached hydrogens (primary N) is 1. The smallest absolute Gasteiger partial charge is 0.275 e. The number of nitrogen functional groups attached to an aromatic ring is 1. The maximum Gasteiger partial charge on any atom is 0.275 e. The first-order chi connectivity index (χ1) is 8.45. The van der Waals surface area contributed by atoms with E-state index in [2.05, 4.69) is 5.43 Å². The SMILES string of the molecule is CN(CC(=O)N(C)C)Cc1ccsc1C(=O)NN. The van der Waals surface area contributed by atoms with Crippen LogP contribution in [-0.4, -0.2) is 49.3 Å². The predicted molar refractivity (Wildman–Crippen MR) is 71.0 cm³/mol. The van der Waals surface area contributed by atoms with Gasteiger partial charge in [-0.05, 0) is 24.1 Å². The second-order valence-corrected chi connectivity index (χ2v) is 5.12. The Morgan fingerprint density at radius 3 is 2.61 bits per heavy atom. The molecule has 1 rings (SSSR count). The van der Waals surface area contributed by atoms with E-state index in [1.54, 1.807) is 14.1 Å². The van der Waals surface area contributed by atoms with Gasteiger partial charge in [-0.1, -0.05) is 0 Å². The van der Waals surface area contributed by atoms with Gasteiger partial charge in [-0.25, -0.2) is 5.84 Å². The lowest BCUT2D eigenvalue weighted by molar-refractivity contribution is -0.129. The van der Waals surface area contributed by atoms with Crippen LogP contribution in [-0.2, 0) is 11.3 Å². The summed E-state index contributed by atoms with van der Waals surface area (Å²) >= 11 is 1.34. The minimum Gasteiger partial charge on any atom is -0.348 e. The Hall–Kier alpha value is -1.44. The molecule has 100 valence electrons. The Bertz CT molecular complexity index is 430. The fourth-order valence-electron chi connectivity index (χ4n) is 1.44. The first kappa shape index (κ1) is 14.6. The fraction of sp³-hybridized carbons (Fsp3) is 0.455. The number of rotatable bonds is 5. The first-order valence-electron chi connectivity index (χ1n) is 5.41. The highest BCUT2D eigenvalue weighted by molar-refractivity contribution is 7.12. The van der Waals surface area contributed by atoms with E-state index < -0.39 is 0 Å². The van der Waals surface area contributed by atoms with E-state index in [1.807, 2.05) is 23.4 Å². The van der Waals surface area contributed by atoms with Gasteiger partial charge in [0.05, 0.1) is 11.4 Å². The maximum atomic E-state index is 11.5.